The molecule has 0 amide bonds. The number of hydrogen-bond acceptors (Lipinski definition) is 5. The Labute approximate surface area is 153 Å². The molecule has 0 atom stereocenters. The van der Waals surface area contributed by atoms with E-state index in [1.165, 1.54) is 0 Å². The number of hydrogen-bond donors (Lipinski definition) is 0. The quantitative estimate of drug-likeness (QED) is 0.706. The van der Waals surface area contributed by atoms with Gasteiger partial charge in [-0.25, -0.2) is 18.1 Å². The van der Waals surface area contributed by atoms with Gasteiger partial charge in [0, 0.05) is 24.3 Å². The number of sulfone groups is 1. The largest absolute Gasteiger partial charge is 0.369 e. The summed E-state index contributed by atoms with van der Waals surface area (Å²) in [7, 11) is -2.91. The molecule has 1 aromatic heterocycles. The Morgan fingerprint density at radius 3 is 2.38 bits per heavy atom. The molecule has 1 fully saturated rings. The van der Waals surface area contributed by atoms with Crippen molar-refractivity contribution in [2.45, 2.75) is 6.54 Å². The Balaban J connectivity index is 1.67. The fourth-order valence-corrected chi connectivity index (χ4v) is 4.44. The van der Waals surface area contributed by atoms with Gasteiger partial charge >= 0.3 is 0 Å². The van der Waals surface area contributed by atoms with Crippen molar-refractivity contribution in [3.05, 3.63) is 66.5 Å². The first kappa shape index (κ1) is 16.8. The average Bonchev–Trinajstić information content (AvgIpc) is 3.11. The number of aromatic nitrogens is 3. The number of benzene rings is 2. The van der Waals surface area contributed by atoms with Crippen LogP contribution < -0.4 is 4.90 Å². The van der Waals surface area contributed by atoms with E-state index in [2.05, 4.69) is 27.1 Å². The summed E-state index contributed by atoms with van der Waals surface area (Å²) < 4.78 is 25.4. The van der Waals surface area contributed by atoms with Gasteiger partial charge in [0.25, 0.3) is 0 Å². The van der Waals surface area contributed by atoms with Gasteiger partial charge in [-0.2, -0.15) is 5.10 Å². The summed E-state index contributed by atoms with van der Waals surface area (Å²) >= 11 is 0. The summed E-state index contributed by atoms with van der Waals surface area (Å²) in [4.78, 5) is 6.60. The van der Waals surface area contributed by atoms with Crippen LogP contribution in [0.4, 0.5) is 5.69 Å². The van der Waals surface area contributed by atoms with Crippen LogP contribution in [0.5, 0.6) is 0 Å². The molecule has 2 aromatic carbocycles. The van der Waals surface area contributed by atoms with E-state index in [1.54, 1.807) is 6.33 Å². The van der Waals surface area contributed by atoms with Gasteiger partial charge in [-0.1, -0.05) is 42.5 Å². The number of rotatable bonds is 4. The van der Waals surface area contributed by atoms with E-state index in [9.17, 15) is 8.42 Å². The zero-order valence-electron chi connectivity index (χ0n) is 14.3. The molecule has 0 bridgehead atoms. The molecule has 6 nitrogen and oxygen atoms in total. The van der Waals surface area contributed by atoms with E-state index in [1.807, 2.05) is 47.1 Å². The standard InChI is InChI=1S/C19H20N4O2S/c24-26(25)12-10-22(11-13-26)18-9-5-4-8-17(18)19-20-15-21-23(19)14-16-6-2-1-3-7-16/h1-9,15H,10-14H2. The monoisotopic (exact) mass is 368 g/mol. The highest BCUT2D eigenvalue weighted by molar-refractivity contribution is 7.91. The molecular formula is C19H20N4O2S. The molecule has 0 radical (unpaired) electrons. The minimum Gasteiger partial charge on any atom is -0.369 e. The maximum Gasteiger partial charge on any atom is 0.160 e. The lowest BCUT2D eigenvalue weighted by molar-refractivity contribution is 0.587. The second-order valence-electron chi connectivity index (χ2n) is 6.38. The molecule has 1 aliphatic rings. The third kappa shape index (κ3) is 3.48. The molecule has 4 rings (SSSR count). The summed E-state index contributed by atoms with van der Waals surface area (Å²) in [5.74, 6) is 1.17. The highest BCUT2D eigenvalue weighted by atomic mass is 32.2. The lowest BCUT2D eigenvalue weighted by Gasteiger charge is -2.30. The van der Waals surface area contributed by atoms with Gasteiger partial charge < -0.3 is 4.90 Å². The summed E-state index contributed by atoms with van der Waals surface area (Å²) in [6.45, 7) is 1.65. The van der Waals surface area contributed by atoms with E-state index >= 15 is 0 Å². The van der Waals surface area contributed by atoms with E-state index in [4.69, 9.17) is 0 Å². The first-order valence-corrected chi connectivity index (χ1v) is 10.4. The number of para-hydroxylation sites is 1. The summed E-state index contributed by atoms with van der Waals surface area (Å²) in [6, 6.07) is 18.1. The van der Waals surface area contributed by atoms with Crippen LogP contribution in [-0.2, 0) is 16.4 Å². The molecule has 0 saturated carbocycles. The topological polar surface area (TPSA) is 68.1 Å². The maximum atomic E-state index is 11.7. The van der Waals surface area contributed by atoms with Crippen LogP contribution in [0.1, 0.15) is 5.56 Å². The Hall–Kier alpha value is -2.67. The Bertz CT molecular complexity index is 985. The Morgan fingerprint density at radius 2 is 1.62 bits per heavy atom. The minimum absolute atomic E-state index is 0.193. The predicted molar refractivity (Wildman–Crippen MR) is 102 cm³/mol. The van der Waals surface area contributed by atoms with Crippen molar-refractivity contribution < 1.29 is 8.42 Å². The molecule has 1 saturated heterocycles. The first-order chi connectivity index (χ1) is 12.6. The van der Waals surface area contributed by atoms with Crippen molar-refractivity contribution in [2.75, 3.05) is 29.5 Å². The molecule has 3 aromatic rings. The van der Waals surface area contributed by atoms with Crippen LogP contribution in [-0.4, -0.2) is 47.8 Å². The van der Waals surface area contributed by atoms with Crippen molar-refractivity contribution in [2.24, 2.45) is 0 Å². The van der Waals surface area contributed by atoms with Gasteiger partial charge in [0.05, 0.1) is 18.1 Å². The average molecular weight is 368 g/mol. The summed E-state index contributed by atoms with van der Waals surface area (Å²) in [5, 5.41) is 4.39. The van der Waals surface area contributed by atoms with Gasteiger partial charge in [-0.15, -0.1) is 0 Å². The first-order valence-electron chi connectivity index (χ1n) is 8.59. The fraction of sp³-hybridized carbons (Fsp3) is 0.263. The van der Waals surface area contributed by atoms with Crippen molar-refractivity contribution in [1.82, 2.24) is 14.8 Å². The van der Waals surface area contributed by atoms with Gasteiger partial charge in [0.1, 0.15) is 6.33 Å². The van der Waals surface area contributed by atoms with Crippen LogP contribution >= 0.6 is 0 Å². The molecule has 2 heterocycles. The van der Waals surface area contributed by atoms with Crippen LogP contribution in [0.25, 0.3) is 11.4 Å². The van der Waals surface area contributed by atoms with Gasteiger partial charge in [-0.3, -0.25) is 0 Å². The van der Waals surface area contributed by atoms with Gasteiger partial charge in [-0.05, 0) is 17.7 Å². The highest BCUT2D eigenvalue weighted by Crippen LogP contribution is 2.30. The molecule has 1 aliphatic heterocycles. The predicted octanol–water partition coefficient (Wildman–Crippen LogP) is 2.23. The SMILES string of the molecule is O=S1(=O)CCN(c2ccccc2-c2ncnn2Cc2ccccc2)CC1. The number of anilines is 1. The van der Waals surface area contributed by atoms with Crippen molar-refractivity contribution in [3.63, 3.8) is 0 Å². The third-order valence-electron chi connectivity index (χ3n) is 4.62. The molecule has 0 unspecified atom stereocenters. The van der Waals surface area contributed by atoms with Gasteiger partial charge in [0.15, 0.2) is 15.7 Å². The number of nitrogens with zero attached hydrogens (tertiary/aromatic N) is 4. The van der Waals surface area contributed by atoms with Crippen molar-refractivity contribution in [3.8, 4) is 11.4 Å². The van der Waals surface area contributed by atoms with Crippen LogP contribution in [0.15, 0.2) is 60.9 Å². The van der Waals surface area contributed by atoms with E-state index in [0.29, 0.717) is 19.6 Å². The van der Waals surface area contributed by atoms with Crippen LogP contribution in [0.2, 0.25) is 0 Å². The molecule has 0 N–H and O–H groups in total. The molecule has 0 spiro atoms. The smallest absolute Gasteiger partial charge is 0.160 e. The van der Waals surface area contributed by atoms with E-state index in [-0.39, 0.29) is 11.5 Å². The molecule has 134 valence electrons. The lowest BCUT2D eigenvalue weighted by Crippen LogP contribution is -2.40. The Kier molecular flexibility index (Phi) is 4.46. The van der Waals surface area contributed by atoms with E-state index in [0.717, 1.165) is 22.6 Å². The summed E-state index contributed by atoms with van der Waals surface area (Å²) in [5.41, 5.74) is 3.13. The molecular weight excluding hydrogens is 348 g/mol. The zero-order chi connectivity index (χ0) is 18.0. The van der Waals surface area contributed by atoms with E-state index < -0.39 is 9.84 Å². The Morgan fingerprint density at radius 1 is 0.923 bits per heavy atom. The highest BCUT2D eigenvalue weighted by Gasteiger charge is 2.24. The minimum atomic E-state index is -2.91. The lowest BCUT2D eigenvalue weighted by atomic mass is 10.1. The molecule has 0 aliphatic carbocycles. The normalized spacial score (nSPS) is 16.5. The fourth-order valence-electron chi connectivity index (χ4n) is 3.24. The molecule has 26 heavy (non-hydrogen) atoms. The van der Waals surface area contributed by atoms with Gasteiger partial charge in [0.2, 0.25) is 0 Å². The molecule has 7 heteroatoms. The van der Waals surface area contributed by atoms with Crippen molar-refractivity contribution in [1.29, 1.82) is 0 Å². The maximum absolute atomic E-state index is 11.7. The zero-order valence-corrected chi connectivity index (χ0v) is 15.1. The second kappa shape index (κ2) is 6.92. The van der Waals surface area contributed by atoms with Crippen molar-refractivity contribution >= 4 is 15.5 Å². The second-order valence-corrected chi connectivity index (χ2v) is 8.69. The van der Waals surface area contributed by atoms with Crippen LogP contribution in [0.3, 0.4) is 0 Å². The van der Waals surface area contributed by atoms with Crippen LogP contribution in [0, 0.1) is 0 Å². The third-order valence-corrected chi connectivity index (χ3v) is 6.23. The summed E-state index contributed by atoms with van der Waals surface area (Å²) in [6.07, 6.45) is 1.57.